The van der Waals surface area contributed by atoms with Crippen LogP contribution in [0.1, 0.15) is 24.1 Å². The molecule has 1 aromatic heterocycles. The summed E-state index contributed by atoms with van der Waals surface area (Å²) >= 11 is 5.92. The molecule has 0 spiro atoms. The zero-order valence-corrected chi connectivity index (χ0v) is 13.0. The van der Waals surface area contributed by atoms with Crippen molar-refractivity contribution in [3.05, 3.63) is 46.5 Å². The second-order valence-electron chi connectivity index (χ2n) is 5.55. The Morgan fingerprint density at radius 1 is 1.52 bits per heavy atom. The van der Waals surface area contributed by atoms with Crippen molar-refractivity contribution in [2.75, 3.05) is 6.61 Å². The van der Waals surface area contributed by atoms with E-state index in [9.17, 15) is 14.3 Å². The molecule has 0 saturated carbocycles. The van der Waals surface area contributed by atoms with Crippen molar-refractivity contribution < 1.29 is 19.0 Å². The lowest BCUT2D eigenvalue weighted by Gasteiger charge is -2.21. The Kier molecular flexibility index (Phi) is 4.32. The number of ether oxygens (including phenoxy) is 1. The van der Waals surface area contributed by atoms with Crippen LogP contribution in [0.3, 0.4) is 0 Å². The molecule has 23 heavy (non-hydrogen) atoms. The van der Waals surface area contributed by atoms with Crippen LogP contribution in [0.25, 0.3) is 0 Å². The Bertz CT molecular complexity index is 729. The molecule has 2 aromatic rings. The molecular weight excluding hydrogens is 325 g/mol. The van der Waals surface area contributed by atoms with Gasteiger partial charge in [0.05, 0.1) is 17.3 Å². The van der Waals surface area contributed by atoms with Crippen molar-refractivity contribution in [2.24, 2.45) is 0 Å². The minimum absolute atomic E-state index is 0.0469. The summed E-state index contributed by atoms with van der Waals surface area (Å²) in [6.45, 7) is 0.684. The van der Waals surface area contributed by atoms with Gasteiger partial charge in [-0.1, -0.05) is 28.9 Å². The van der Waals surface area contributed by atoms with Gasteiger partial charge >= 0.3 is 5.97 Å². The van der Waals surface area contributed by atoms with E-state index < -0.39 is 17.4 Å². The Morgan fingerprint density at radius 2 is 2.35 bits per heavy atom. The Balaban J connectivity index is 1.76. The van der Waals surface area contributed by atoms with Crippen molar-refractivity contribution in [1.29, 1.82) is 0 Å². The number of hydrogen-bond acceptors (Lipinski definition) is 4. The Morgan fingerprint density at radius 3 is 3.04 bits per heavy atom. The molecule has 1 fully saturated rings. The quantitative estimate of drug-likeness (QED) is 0.904. The summed E-state index contributed by atoms with van der Waals surface area (Å²) in [4.78, 5) is 11.5. The predicted molar refractivity (Wildman–Crippen MR) is 79.8 cm³/mol. The number of benzene rings is 1. The summed E-state index contributed by atoms with van der Waals surface area (Å²) in [5, 5.41) is 17.4. The molecule has 2 heterocycles. The molecule has 8 heteroatoms. The van der Waals surface area contributed by atoms with Crippen LogP contribution in [0, 0.1) is 5.82 Å². The summed E-state index contributed by atoms with van der Waals surface area (Å²) in [6, 6.07) is 4.55. The number of carbonyl (C=O) groups is 1. The van der Waals surface area contributed by atoms with E-state index in [0.29, 0.717) is 30.7 Å². The minimum atomic E-state index is -1.22. The standard InChI is InChI=1S/C15H15ClFN3O3/c16-13-10(3-1-4-12(13)17)8-20-9-11(18-19-20)7-15(14(21)22)5-2-6-23-15/h1,3-4,9H,2,5-8H2,(H,21,22). The molecule has 0 bridgehead atoms. The van der Waals surface area contributed by atoms with Crippen LogP contribution in [-0.4, -0.2) is 38.3 Å². The predicted octanol–water partition coefficient (Wildman–Crippen LogP) is 2.30. The Hall–Kier alpha value is -1.99. The van der Waals surface area contributed by atoms with Crippen LogP contribution >= 0.6 is 11.6 Å². The SMILES string of the molecule is O=C(O)C1(Cc2cn(Cc3cccc(F)c3Cl)nn2)CCCO1. The normalized spacial score (nSPS) is 20.8. The summed E-state index contributed by atoms with van der Waals surface area (Å²) in [5.41, 5.74) is -0.132. The van der Waals surface area contributed by atoms with Gasteiger partial charge in [0.2, 0.25) is 0 Å². The van der Waals surface area contributed by atoms with Crippen LogP contribution in [0.15, 0.2) is 24.4 Å². The average Bonchev–Trinajstić information content (AvgIpc) is 3.15. The molecule has 1 aliphatic rings. The molecule has 3 rings (SSSR count). The van der Waals surface area contributed by atoms with Crippen molar-refractivity contribution in [3.8, 4) is 0 Å². The highest BCUT2D eigenvalue weighted by molar-refractivity contribution is 6.31. The largest absolute Gasteiger partial charge is 0.479 e. The summed E-state index contributed by atoms with van der Waals surface area (Å²) < 4.78 is 20.4. The second kappa shape index (κ2) is 6.25. The topological polar surface area (TPSA) is 77.2 Å². The van der Waals surface area contributed by atoms with E-state index in [0.717, 1.165) is 0 Å². The van der Waals surface area contributed by atoms with Gasteiger partial charge in [-0.15, -0.1) is 5.10 Å². The molecule has 1 N–H and O–H groups in total. The zero-order valence-electron chi connectivity index (χ0n) is 12.2. The third kappa shape index (κ3) is 3.20. The fourth-order valence-electron chi connectivity index (χ4n) is 2.72. The number of aromatic nitrogens is 3. The van der Waals surface area contributed by atoms with Crippen molar-refractivity contribution in [2.45, 2.75) is 31.4 Å². The van der Waals surface area contributed by atoms with E-state index >= 15 is 0 Å². The van der Waals surface area contributed by atoms with Gasteiger partial charge in [0, 0.05) is 19.2 Å². The first-order chi connectivity index (χ1) is 11.0. The average molecular weight is 340 g/mol. The summed E-state index contributed by atoms with van der Waals surface area (Å²) in [6.07, 6.45) is 2.94. The van der Waals surface area contributed by atoms with E-state index in [1.165, 1.54) is 10.7 Å². The maximum absolute atomic E-state index is 13.4. The molecule has 122 valence electrons. The van der Waals surface area contributed by atoms with Gasteiger partial charge in [0.15, 0.2) is 5.60 Å². The molecule has 1 unspecified atom stereocenters. The number of carboxylic acids is 1. The lowest BCUT2D eigenvalue weighted by molar-refractivity contribution is -0.160. The van der Waals surface area contributed by atoms with Gasteiger partial charge < -0.3 is 9.84 Å². The molecular formula is C15H15ClFN3O3. The number of halogens is 2. The second-order valence-corrected chi connectivity index (χ2v) is 5.93. The molecule has 0 amide bonds. The number of rotatable bonds is 5. The first kappa shape index (κ1) is 15.9. The maximum Gasteiger partial charge on any atom is 0.336 e. The first-order valence-electron chi connectivity index (χ1n) is 7.19. The highest BCUT2D eigenvalue weighted by atomic mass is 35.5. The Labute approximate surface area is 136 Å². The van der Waals surface area contributed by atoms with Crippen molar-refractivity contribution in [3.63, 3.8) is 0 Å². The minimum Gasteiger partial charge on any atom is -0.479 e. The molecule has 0 radical (unpaired) electrons. The van der Waals surface area contributed by atoms with E-state index in [-0.39, 0.29) is 18.0 Å². The summed E-state index contributed by atoms with van der Waals surface area (Å²) in [5.74, 6) is -1.48. The fourth-order valence-corrected chi connectivity index (χ4v) is 2.90. The van der Waals surface area contributed by atoms with Crippen molar-refractivity contribution in [1.82, 2.24) is 15.0 Å². The van der Waals surface area contributed by atoms with Gasteiger partial charge in [-0.2, -0.15) is 0 Å². The summed E-state index contributed by atoms with van der Waals surface area (Å²) in [7, 11) is 0. The van der Waals surface area contributed by atoms with Gasteiger partial charge in [-0.25, -0.2) is 13.9 Å². The van der Waals surface area contributed by atoms with Gasteiger partial charge in [0.1, 0.15) is 5.82 Å². The first-order valence-corrected chi connectivity index (χ1v) is 7.57. The van der Waals surface area contributed by atoms with Crippen LogP contribution < -0.4 is 0 Å². The number of hydrogen-bond donors (Lipinski definition) is 1. The molecule has 1 atom stereocenters. The van der Waals surface area contributed by atoms with Crippen LogP contribution in [0.4, 0.5) is 4.39 Å². The molecule has 6 nitrogen and oxygen atoms in total. The third-order valence-electron chi connectivity index (χ3n) is 3.91. The van der Waals surface area contributed by atoms with Crippen LogP contribution in [0.2, 0.25) is 5.02 Å². The lowest BCUT2D eigenvalue weighted by atomic mass is 9.95. The number of aliphatic carboxylic acids is 1. The van der Waals surface area contributed by atoms with Gasteiger partial charge in [-0.3, -0.25) is 0 Å². The van der Waals surface area contributed by atoms with Crippen LogP contribution in [-0.2, 0) is 22.5 Å². The number of nitrogens with zero attached hydrogens (tertiary/aromatic N) is 3. The van der Waals surface area contributed by atoms with E-state index in [1.54, 1.807) is 18.3 Å². The van der Waals surface area contributed by atoms with Crippen molar-refractivity contribution >= 4 is 17.6 Å². The highest BCUT2D eigenvalue weighted by Gasteiger charge is 2.43. The molecule has 1 aliphatic heterocycles. The van der Waals surface area contributed by atoms with Gasteiger partial charge in [-0.05, 0) is 24.5 Å². The van der Waals surface area contributed by atoms with E-state index in [4.69, 9.17) is 16.3 Å². The fraction of sp³-hybridized carbons (Fsp3) is 0.400. The number of carboxylic acid groups (broad SMARTS) is 1. The smallest absolute Gasteiger partial charge is 0.336 e. The third-order valence-corrected chi connectivity index (χ3v) is 4.33. The lowest BCUT2D eigenvalue weighted by Crippen LogP contribution is -2.40. The monoisotopic (exact) mass is 339 g/mol. The molecule has 1 saturated heterocycles. The van der Waals surface area contributed by atoms with Gasteiger partial charge in [0.25, 0.3) is 0 Å². The molecule has 0 aliphatic carbocycles. The zero-order chi connectivity index (χ0) is 16.4. The highest BCUT2D eigenvalue weighted by Crippen LogP contribution is 2.29. The maximum atomic E-state index is 13.4. The van der Waals surface area contributed by atoms with Crippen LogP contribution in [0.5, 0.6) is 0 Å². The molecule has 1 aromatic carbocycles. The van der Waals surface area contributed by atoms with E-state index in [2.05, 4.69) is 10.3 Å². The van der Waals surface area contributed by atoms with E-state index in [1.807, 2.05) is 0 Å².